The van der Waals surface area contributed by atoms with Gasteiger partial charge in [-0.05, 0) is 13.3 Å². The van der Waals surface area contributed by atoms with Crippen LogP contribution in [0.25, 0.3) is 0 Å². The molecule has 0 aliphatic heterocycles. The van der Waals surface area contributed by atoms with Crippen LogP contribution in [0.2, 0.25) is 0 Å². The largest absolute Gasteiger partial charge is 0.481 e. The van der Waals surface area contributed by atoms with Crippen molar-refractivity contribution in [3.8, 4) is 0 Å². The van der Waals surface area contributed by atoms with E-state index in [9.17, 15) is 14.4 Å². The molecule has 0 aliphatic carbocycles. The number of aliphatic carboxylic acids is 3. The number of hydrogen-bond acceptors (Lipinski definition) is 6. The van der Waals surface area contributed by atoms with Gasteiger partial charge in [-0.2, -0.15) is 0 Å². The maximum absolute atomic E-state index is 9.87. The molecule has 0 saturated heterocycles. The maximum atomic E-state index is 9.87. The summed E-state index contributed by atoms with van der Waals surface area (Å²) in [6.07, 6.45) is 0.0891. The van der Waals surface area contributed by atoms with E-state index in [0.717, 1.165) is 0 Å². The Kier molecular flexibility index (Phi) is 16.0. The Morgan fingerprint density at radius 3 is 1.25 bits per heavy atom. The second kappa shape index (κ2) is 14.4. The quantitative estimate of drug-likeness (QED) is 0.332. The molecule has 0 aromatic heterocycles. The second-order valence-electron chi connectivity index (χ2n) is 4.89. The van der Waals surface area contributed by atoms with Gasteiger partial charge in [0.2, 0.25) is 0 Å². The van der Waals surface area contributed by atoms with Crippen molar-refractivity contribution in [2.24, 2.45) is 5.41 Å². The van der Waals surface area contributed by atoms with Gasteiger partial charge in [-0.15, -0.1) is 0 Å². The van der Waals surface area contributed by atoms with E-state index >= 15 is 0 Å². The third kappa shape index (κ3) is 14.7. The predicted molar refractivity (Wildman–Crippen MR) is 85.5 cm³/mol. The lowest BCUT2D eigenvalue weighted by Gasteiger charge is -2.24. The molecule has 0 aromatic rings. The lowest BCUT2D eigenvalue weighted by molar-refractivity contribution is -0.139. The van der Waals surface area contributed by atoms with Crippen molar-refractivity contribution < 1.29 is 45.0 Å². The molecule has 0 aliphatic rings. The van der Waals surface area contributed by atoms with Gasteiger partial charge in [-0.25, -0.2) is 9.59 Å². The van der Waals surface area contributed by atoms with Gasteiger partial charge in [0.25, 0.3) is 0 Å². The van der Waals surface area contributed by atoms with Crippen molar-refractivity contribution >= 4 is 17.9 Å². The summed E-state index contributed by atoms with van der Waals surface area (Å²) in [4.78, 5) is 29.3. The first kappa shape index (κ1) is 26.7. The van der Waals surface area contributed by atoms with Gasteiger partial charge in [0.05, 0.1) is 26.2 Å². The highest BCUT2D eigenvalue weighted by atomic mass is 16.4. The molecular formula is C15H26O9. The topological polar surface area (TPSA) is 173 Å². The van der Waals surface area contributed by atoms with E-state index in [2.05, 4.69) is 13.2 Å². The Morgan fingerprint density at radius 1 is 0.875 bits per heavy atom. The van der Waals surface area contributed by atoms with Crippen molar-refractivity contribution in [2.75, 3.05) is 19.8 Å². The summed E-state index contributed by atoms with van der Waals surface area (Å²) in [6, 6.07) is 0. The number of hydrogen-bond donors (Lipinski definition) is 6. The number of rotatable bonds is 8. The zero-order chi connectivity index (χ0) is 19.9. The highest BCUT2D eigenvalue weighted by molar-refractivity contribution is 5.91. The molecule has 0 unspecified atom stereocenters. The van der Waals surface area contributed by atoms with Gasteiger partial charge in [-0.1, -0.05) is 20.1 Å². The summed E-state index contributed by atoms with van der Waals surface area (Å²) in [6.45, 7) is 8.97. The minimum absolute atomic E-state index is 0.156. The number of carbonyl (C=O) groups is 3. The van der Waals surface area contributed by atoms with E-state index in [4.69, 9.17) is 30.6 Å². The summed E-state index contributed by atoms with van der Waals surface area (Å²) in [5.74, 6) is -3.38. The molecule has 0 saturated carbocycles. The van der Waals surface area contributed by atoms with E-state index in [-0.39, 0.29) is 31.0 Å². The van der Waals surface area contributed by atoms with Crippen LogP contribution in [0.1, 0.15) is 26.7 Å². The minimum Gasteiger partial charge on any atom is -0.481 e. The molecule has 24 heavy (non-hydrogen) atoms. The van der Waals surface area contributed by atoms with E-state index in [1.807, 2.05) is 6.92 Å². The van der Waals surface area contributed by atoms with Crippen LogP contribution in [0.15, 0.2) is 24.3 Å². The predicted octanol–water partition coefficient (Wildman–Crippen LogP) is 0.109. The lowest BCUT2D eigenvalue weighted by atomic mass is 9.88. The number of carboxylic acid groups (broad SMARTS) is 3. The van der Waals surface area contributed by atoms with Crippen molar-refractivity contribution in [3.05, 3.63) is 24.3 Å². The third-order valence-corrected chi connectivity index (χ3v) is 2.79. The number of aliphatic hydroxyl groups excluding tert-OH is 3. The van der Waals surface area contributed by atoms with Gasteiger partial charge in [0, 0.05) is 16.6 Å². The van der Waals surface area contributed by atoms with Gasteiger partial charge in [0.15, 0.2) is 0 Å². The van der Waals surface area contributed by atoms with Crippen molar-refractivity contribution in [1.82, 2.24) is 0 Å². The summed E-state index contributed by atoms with van der Waals surface area (Å²) < 4.78 is 0. The summed E-state index contributed by atoms with van der Waals surface area (Å²) >= 11 is 0. The van der Waals surface area contributed by atoms with E-state index < -0.39 is 29.7 Å². The highest BCUT2D eigenvalue weighted by Crippen LogP contribution is 2.18. The van der Waals surface area contributed by atoms with Crippen molar-refractivity contribution in [2.45, 2.75) is 26.7 Å². The molecule has 0 spiro atoms. The zero-order valence-electron chi connectivity index (χ0n) is 13.9. The van der Waals surface area contributed by atoms with Crippen LogP contribution >= 0.6 is 0 Å². The van der Waals surface area contributed by atoms with Crippen LogP contribution in [0, 0.1) is 5.41 Å². The van der Waals surface area contributed by atoms with Crippen LogP contribution < -0.4 is 0 Å². The molecule has 6 N–H and O–H groups in total. The Hall–Kier alpha value is -2.23. The highest BCUT2D eigenvalue weighted by Gasteiger charge is 2.24. The SMILES string of the molecule is C=C(C)C(=O)O.C=C(CC(=O)O)C(=O)O.CCC(CO)(CO)CO. The minimum atomic E-state index is -1.27. The smallest absolute Gasteiger partial charge is 0.331 e. The Balaban J connectivity index is -0.000000282. The fourth-order valence-electron chi connectivity index (χ4n) is 0.744. The molecule has 0 amide bonds. The van der Waals surface area contributed by atoms with Crippen LogP contribution in [0.3, 0.4) is 0 Å². The maximum Gasteiger partial charge on any atom is 0.331 e. The van der Waals surface area contributed by atoms with E-state index in [1.165, 1.54) is 6.92 Å². The fraction of sp³-hybridized carbons (Fsp3) is 0.533. The van der Waals surface area contributed by atoms with Gasteiger partial charge in [0.1, 0.15) is 0 Å². The van der Waals surface area contributed by atoms with Crippen LogP contribution in [0.5, 0.6) is 0 Å². The molecule has 9 nitrogen and oxygen atoms in total. The molecule has 0 bridgehead atoms. The van der Waals surface area contributed by atoms with Gasteiger partial charge < -0.3 is 30.6 Å². The second-order valence-corrected chi connectivity index (χ2v) is 4.89. The van der Waals surface area contributed by atoms with Gasteiger partial charge >= 0.3 is 17.9 Å². The Labute approximate surface area is 140 Å². The fourth-order valence-corrected chi connectivity index (χ4v) is 0.744. The molecule has 0 radical (unpaired) electrons. The first-order valence-electron chi connectivity index (χ1n) is 6.77. The lowest BCUT2D eigenvalue weighted by Crippen LogP contribution is -2.32. The monoisotopic (exact) mass is 350 g/mol. The molecule has 0 aromatic carbocycles. The summed E-state index contributed by atoms with van der Waals surface area (Å²) in [5.41, 5.74) is -0.794. The van der Waals surface area contributed by atoms with Crippen LogP contribution in [-0.2, 0) is 14.4 Å². The van der Waals surface area contributed by atoms with E-state index in [1.54, 1.807) is 0 Å². The third-order valence-electron chi connectivity index (χ3n) is 2.79. The molecule has 0 rings (SSSR count). The molecule has 0 heterocycles. The van der Waals surface area contributed by atoms with Crippen LogP contribution in [-0.4, -0.2) is 68.4 Å². The first-order valence-corrected chi connectivity index (χ1v) is 6.77. The molecule has 9 heteroatoms. The van der Waals surface area contributed by atoms with Crippen LogP contribution in [0.4, 0.5) is 0 Å². The first-order chi connectivity index (χ1) is 10.9. The number of carboxylic acids is 3. The van der Waals surface area contributed by atoms with Gasteiger partial charge in [-0.3, -0.25) is 4.79 Å². The zero-order valence-corrected chi connectivity index (χ0v) is 13.9. The average molecular weight is 350 g/mol. The standard InChI is InChI=1S/C6H14O3.C5H6O4.C4H6O2/c1-2-6(3-7,4-8)5-9;1-3(5(8)9)2-4(6)7;1-3(2)4(5)6/h7-9H,2-5H2,1H3;1-2H2,(H,6,7)(H,8,9);1H2,2H3,(H,5,6). The van der Waals surface area contributed by atoms with Crippen molar-refractivity contribution in [3.63, 3.8) is 0 Å². The van der Waals surface area contributed by atoms with E-state index in [0.29, 0.717) is 6.42 Å². The Morgan fingerprint density at radius 2 is 1.21 bits per heavy atom. The normalized spacial score (nSPS) is 9.54. The molecule has 0 fully saturated rings. The molecular weight excluding hydrogens is 324 g/mol. The Bertz CT molecular complexity index is 407. The molecule has 140 valence electrons. The molecule has 0 atom stereocenters. The summed E-state index contributed by atoms with van der Waals surface area (Å²) in [7, 11) is 0. The summed E-state index contributed by atoms with van der Waals surface area (Å²) in [5, 5.41) is 49.9. The number of aliphatic hydroxyl groups is 3. The average Bonchev–Trinajstić information content (AvgIpc) is 2.50. The van der Waals surface area contributed by atoms with Crippen molar-refractivity contribution in [1.29, 1.82) is 0 Å².